The molecule has 0 spiro atoms. The number of carbonyl (C=O) groups is 1. The molecule has 0 atom stereocenters. The van der Waals surface area contributed by atoms with Crippen molar-refractivity contribution in [3.63, 3.8) is 0 Å². The Labute approximate surface area is 115 Å². The highest BCUT2D eigenvalue weighted by molar-refractivity contribution is 5.75. The molecule has 0 bridgehead atoms. The monoisotopic (exact) mass is 264 g/mol. The van der Waals surface area contributed by atoms with Crippen LogP contribution in [0.5, 0.6) is 5.75 Å². The molecule has 2 N–H and O–H groups in total. The summed E-state index contributed by atoms with van der Waals surface area (Å²) in [6.45, 7) is 6.93. The number of ether oxygens (including phenoxy) is 1. The van der Waals surface area contributed by atoms with Crippen LogP contribution in [-0.2, 0) is 11.3 Å². The highest BCUT2D eigenvalue weighted by atomic mass is 16.5. The zero-order chi connectivity index (χ0) is 13.9. The van der Waals surface area contributed by atoms with Crippen molar-refractivity contribution in [2.75, 3.05) is 19.7 Å². The summed E-state index contributed by atoms with van der Waals surface area (Å²) in [6, 6.07) is 8.06. The van der Waals surface area contributed by atoms with E-state index in [9.17, 15) is 4.79 Å². The SMILES string of the molecule is CCCOc1ccc(CNCCC(=O)NCC)cc1. The van der Waals surface area contributed by atoms with Crippen molar-refractivity contribution in [2.24, 2.45) is 0 Å². The third kappa shape index (κ3) is 6.82. The van der Waals surface area contributed by atoms with Crippen LogP contribution in [0.1, 0.15) is 32.3 Å². The molecule has 0 saturated heterocycles. The Kier molecular flexibility index (Phi) is 7.66. The van der Waals surface area contributed by atoms with Crippen LogP contribution >= 0.6 is 0 Å². The molecule has 0 saturated carbocycles. The molecule has 0 unspecified atom stereocenters. The van der Waals surface area contributed by atoms with Crippen molar-refractivity contribution in [1.82, 2.24) is 10.6 Å². The Morgan fingerprint density at radius 3 is 2.58 bits per heavy atom. The largest absolute Gasteiger partial charge is 0.494 e. The molecule has 4 nitrogen and oxygen atoms in total. The van der Waals surface area contributed by atoms with Gasteiger partial charge in [-0.3, -0.25) is 4.79 Å². The first-order chi connectivity index (χ1) is 9.26. The van der Waals surface area contributed by atoms with Crippen LogP contribution in [-0.4, -0.2) is 25.6 Å². The third-order valence-corrected chi connectivity index (χ3v) is 2.63. The minimum Gasteiger partial charge on any atom is -0.494 e. The number of benzene rings is 1. The van der Waals surface area contributed by atoms with Gasteiger partial charge in [-0.25, -0.2) is 0 Å². The first-order valence-electron chi connectivity index (χ1n) is 6.95. The fraction of sp³-hybridized carbons (Fsp3) is 0.533. The van der Waals surface area contributed by atoms with E-state index < -0.39 is 0 Å². The molecule has 0 aliphatic carbocycles. The minimum atomic E-state index is 0.0957. The van der Waals surface area contributed by atoms with E-state index in [0.29, 0.717) is 19.5 Å². The molecule has 1 amide bonds. The van der Waals surface area contributed by atoms with Gasteiger partial charge in [0.15, 0.2) is 0 Å². The summed E-state index contributed by atoms with van der Waals surface area (Å²) in [5.74, 6) is 1.01. The minimum absolute atomic E-state index is 0.0957. The van der Waals surface area contributed by atoms with Gasteiger partial charge in [-0.1, -0.05) is 19.1 Å². The summed E-state index contributed by atoms with van der Waals surface area (Å²) in [7, 11) is 0. The predicted molar refractivity (Wildman–Crippen MR) is 77.2 cm³/mol. The average molecular weight is 264 g/mol. The number of rotatable bonds is 9. The number of hydrogen-bond acceptors (Lipinski definition) is 3. The maximum atomic E-state index is 11.2. The summed E-state index contributed by atoms with van der Waals surface area (Å²) in [5, 5.41) is 6.03. The second kappa shape index (κ2) is 9.39. The average Bonchev–Trinajstić information content (AvgIpc) is 2.43. The van der Waals surface area contributed by atoms with E-state index in [4.69, 9.17) is 4.74 Å². The van der Waals surface area contributed by atoms with Crippen LogP contribution in [0.3, 0.4) is 0 Å². The van der Waals surface area contributed by atoms with Crippen molar-refractivity contribution >= 4 is 5.91 Å². The second-order valence-electron chi connectivity index (χ2n) is 4.37. The van der Waals surface area contributed by atoms with E-state index in [1.807, 2.05) is 31.2 Å². The number of hydrogen-bond donors (Lipinski definition) is 2. The molecule has 0 aromatic heterocycles. The van der Waals surface area contributed by atoms with Gasteiger partial charge in [0.2, 0.25) is 5.91 Å². The van der Waals surface area contributed by atoms with Crippen molar-refractivity contribution in [1.29, 1.82) is 0 Å². The van der Waals surface area contributed by atoms with Crippen LogP contribution in [0, 0.1) is 0 Å². The van der Waals surface area contributed by atoms with Crippen LogP contribution in [0.15, 0.2) is 24.3 Å². The summed E-state index contributed by atoms with van der Waals surface area (Å²) in [5.41, 5.74) is 1.19. The Hall–Kier alpha value is -1.55. The lowest BCUT2D eigenvalue weighted by molar-refractivity contribution is -0.120. The van der Waals surface area contributed by atoms with Gasteiger partial charge in [0.25, 0.3) is 0 Å². The van der Waals surface area contributed by atoms with Crippen molar-refractivity contribution in [2.45, 2.75) is 33.2 Å². The lowest BCUT2D eigenvalue weighted by Crippen LogP contribution is -2.27. The summed E-state index contributed by atoms with van der Waals surface area (Å²) >= 11 is 0. The van der Waals surface area contributed by atoms with E-state index in [1.165, 1.54) is 5.56 Å². The molecule has 0 aliphatic heterocycles. The zero-order valence-electron chi connectivity index (χ0n) is 11.9. The van der Waals surface area contributed by atoms with E-state index >= 15 is 0 Å². The maximum absolute atomic E-state index is 11.2. The van der Waals surface area contributed by atoms with Crippen molar-refractivity contribution in [3.8, 4) is 5.75 Å². The second-order valence-corrected chi connectivity index (χ2v) is 4.37. The quantitative estimate of drug-likeness (QED) is 0.672. The smallest absolute Gasteiger partial charge is 0.221 e. The van der Waals surface area contributed by atoms with Gasteiger partial charge in [-0.15, -0.1) is 0 Å². The van der Waals surface area contributed by atoms with Crippen LogP contribution in [0.4, 0.5) is 0 Å². The van der Waals surface area contributed by atoms with Crippen LogP contribution < -0.4 is 15.4 Å². The molecule has 0 aliphatic rings. The molecule has 0 radical (unpaired) electrons. The Morgan fingerprint density at radius 1 is 1.21 bits per heavy atom. The van der Waals surface area contributed by atoms with Gasteiger partial charge < -0.3 is 15.4 Å². The highest BCUT2D eigenvalue weighted by Crippen LogP contribution is 2.12. The standard InChI is InChI=1S/C15H24N2O2/c1-3-11-19-14-7-5-13(6-8-14)12-16-10-9-15(18)17-4-2/h5-8,16H,3-4,9-12H2,1-2H3,(H,17,18). The van der Waals surface area contributed by atoms with Gasteiger partial charge in [0.1, 0.15) is 5.75 Å². The maximum Gasteiger partial charge on any atom is 0.221 e. The van der Waals surface area contributed by atoms with Gasteiger partial charge in [-0.2, -0.15) is 0 Å². The summed E-state index contributed by atoms with van der Waals surface area (Å²) in [4.78, 5) is 11.2. The molecule has 1 rings (SSSR count). The predicted octanol–water partition coefficient (Wildman–Crippen LogP) is 2.09. The molecule has 0 fully saturated rings. The molecule has 4 heteroatoms. The number of nitrogens with one attached hydrogen (secondary N) is 2. The molecule has 1 aromatic rings. The van der Waals surface area contributed by atoms with E-state index in [0.717, 1.165) is 25.3 Å². The van der Waals surface area contributed by atoms with Gasteiger partial charge in [0.05, 0.1) is 6.61 Å². The molecule has 19 heavy (non-hydrogen) atoms. The molecule has 1 aromatic carbocycles. The van der Waals surface area contributed by atoms with E-state index in [1.54, 1.807) is 0 Å². The highest BCUT2D eigenvalue weighted by Gasteiger charge is 1.99. The molecular weight excluding hydrogens is 240 g/mol. The Morgan fingerprint density at radius 2 is 1.95 bits per heavy atom. The van der Waals surface area contributed by atoms with Gasteiger partial charge in [-0.05, 0) is 31.0 Å². The van der Waals surface area contributed by atoms with Gasteiger partial charge >= 0.3 is 0 Å². The van der Waals surface area contributed by atoms with Crippen LogP contribution in [0.2, 0.25) is 0 Å². The van der Waals surface area contributed by atoms with E-state index in [-0.39, 0.29) is 5.91 Å². The van der Waals surface area contributed by atoms with Crippen molar-refractivity contribution in [3.05, 3.63) is 29.8 Å². The zero-order valence-corrected chi connectivity index (χ0v) is 11.9. The Bertz CT molecular complexity index is 363. The van der Waals surface area contributed by atoms with Crippen molar-refractivity contribution < 1.29 is 9.53 Å². The lowest BCUT2D eigenvalue weighted by atomic mass is 10.2. The van der Waals surface area contributed by atoms with E-state index in [2.05, 4.69) is 17.6 Å². The molecular formula is C15H24N2O2. The Balaban J connectivity index is 2.20. The first kappa shape index (κ1) is 15.5. The van der Waals surface area contributed by atoms with Gasteiger partial charge in [0, 0.05) is 26.1 Å². The third-order valence-electron chi connectivity index (χ3n) is 2.63. The molecule has 0 heterocycles. The number of amides is 1. The van der Waals surface area contributed by atoms with Crippen LogP contribution in [0.25, 0.3) is 0 Å². The topological polar surface area (TPSA) is 50.4 Å². The normalized spacial score (nSPS) is 10.2. The first-order valence-corrected chi connectivity index (χ1v) is 6.95. The fourth-order valence-corrected chi connectivity index (χ4v) is 1.64. The lowest BCUT2D eigenvalue weighted by Gasteiger charge is -2.07. The summed E-state index contributed by atoms with van der Waals surface area (Å²) in [6.07, 6.45) is 1.54. The fourth-order valence-electron chi connectivity index (χ4n) is 1.64. The summed E-state index contributed by atoms with van der Waals surface area (Å²) < 4.78 is 5.52. The molecule has 106 valence electrons. The number of carbonyl (C=O) groups excluding carboxylic acids is 1.